The average Bonchev–Trinajstić information content (AvgIpc) is 2.53. The van der Waals surface area contributed by atoms with Crippen LogP contribution in [-0.2, 0) is 9.53 Å². The van der Waals surface area contributed by atoms with Gasteiger partial charge in [0.15, 0.2) is 5.84 Å². The van der Waals surface area contributed by atoms with E-state index in [9.17, 15) is 9.90 Å². The lowest BCUT2D eigenvalue weighted by atomic mass is 9.77. The maximum atomic E-state index is 12.9. The van der Waals surface area contributed by atoms with Crippen molar-refractivity contribution in [3.8, 4) is 0 Å². The van der Waals surface area contributed by atoms with E-state index in [4.69, 9.17) is 15.7 Å². The Morgan fingerprint density at radius 2 is 2.10 bits per heavy atom. The Balaban J connectivity index is 2.26. The average molecular weight is 285 g/mol. The Bertz CT molecular complexity index is 380. The van der Waals surface area contributed by atoms with Crippen LogP contribution in [0.3, 0.4) is 0 Å². The van der Waals surface area contributed by atoms with E-state index in [1.54, 1.807) is 4.90 Å². The fraction of sp³-hybridized carbons (Fsp3) is 0.846. The molecule has 2 fully saturated rings. The summed E-state index contributed by atoms with van der Waals surface area (Å²) in [6.07, 6.45) is 3.55. The lowest BCUT2D eigenvalue weighted by molar-refractivity contribution is -0.147. The van der Waals surface area contributed by atoms with Gasteiger partial charge in [-0.15, -0.1) is 0 Å². The minimum absolute atomic E-state index is 0.0471. The first-order chi connectivity index (χ1) is 9.65. The third-order valence-electron chi connectivity index (χ3n) is 4.45. The topological polar surface area (TPSA) is 108 Å². The molecule has 1 atom stereocenters. The molecule has 0 aromatic rings. The van der Waals surface area contributed by atoms with Gasteiger partial charge in [-0.2, -0.15) is 0 Å². The number of amidine groups is 1. The fourth-order valence-corrected chi connectivity index (χ4v) is 3.13. The molecule has 7 nitrogen and oxygen atoms in total. The number of rotatable bonds is 3. The van der Waals surface area contributed by atoms with Crippen LogP contribution in [0.4, 0.5) is 0 Å². The van der Waals surface area contributed by atoms with Crippen molar-refractivity contribution in [1.29, 1.82) is 0 Å². The standard InChI is InChI=1S/C13H23N3O4/c14-11(15-19)13(4-7-20-8-5-13)12(18)16-6-2-1-3-10(16)9-17/h10,17,19H,1-9H2,(H2,14,15). The SMILES string of the molecule is NC(=NO)C1(C(=O)N2CCCCC2CO)CCOCC1. The van der Waals surface area contributed by atoms with Gasteiger partial charge in [0.25, 0.3) is 0 Å². The van der Waals surface area contributed by atoms with Gasteiger partial charge < -0.3 is 25.7 Å². The van der Waals surface area contributed by atoms with E-state index in [1.165, 1.54) is 0 Å². The van der Waals surface area contributed by atoms with Crippen molar-refractivity contribution in [1.82, 2.24) is 4.90 Å². The number of aliphatic hydroxyl groups excluding tert-OH is 1. The first-order valence-electron chi connectivity index (χ1n) is 7.13. The molecule has 4 N–H and O–H groups in total. The number of likely N-dealkylation sites (tertiary alicyclic amines) is 1. The second-order valence-corrected chi connectivity index (χ2v) is 5.51. The molecule has 0 aromatic heterocycles. The number of nitrogens with zero attached hydrogens (tertiary/aromatic N) is 2. The molecule has 20 heavy (non-hydrogen) atoms. The van der Waals surface area contributed by atoms with Crippen LogP contribution < -0.4 is 5.73 Å². The van der Waals surface area contributed by atoms with Gasteiger partial charge in [0.1, 0.15) is 5.41 Å². The van der Waals surface area contributed by atoms with E-state index < -0.39 is 5.41 Å². The summed E-state index contributed by atoms with van der Waals surface area (Å²) in [4.78, 5) is 14.6. The van der Waals surface area contributed by atoms with Gasteiger partial charge >= 0.3 is 0 Å². The zero-order valence-electron chi connectivity index (χ0n) is 11.6. The molecule has 0 aromatic carbocycles. The summed E-state index contributed by atoms with van der Waals surface area (Å²) in [5.41, 5.74) is 4.82. The van der Waals surface area contributed by atoms with Gasteiger partial charge in [-0.25, -0.2) is 0 Å². The molecule has 2 saturated heterocycles. The Kier molecular flexibility index (Phi) is 4.82. The summed E-state index contributed by atoms with van der Waals surface area (Å²) < 4.78 is 5.30. The van der Waals surface area contributed by atoms with E-state index in [0.29, 0.717) is 32.6 Å². The third kappa shape index (κ3) is 2.60. The Hall–Kier alpha value is -1.34. The number of nitrogens with two attached hydrogens (primary N) is 1. The number of hydrogen-bond donors (Lipinski definition) is 3. The van der Waals surface area contributed by atoms with E-state index in [2.05, 4.69) is 5.16 Å². The molecular formula is C13H23N3O4. The van der Waals surface area contributed by atoms with Crippen molar-refractivity contribution >= 4 is 11.7 Å². The van der Waals surface area contributed by atoms with E-state index in [0.717, 1.165) is 19.3 Å². The van der Waals surface area contributed by atoms with Crippen LogP contribution in [0, 0.1) is 5.41 Å². The Morgan fingerprint density at radius 3 is 2.70 bits per heavy atom. The van der Waals surface area contributed by atoms with Crippen molar-refractivity contribution in [2.24, 2.45) is 16.3 Å². The van der Waals surface area contributed by atoms with Crippen LogP contribution in [0.15, 0.2) is 5.16 Å². The molecule has 0 radical (unpaired) electrons. The summed E-state index contributed by atoms with van der Waals surface area (Å²) in [5, 5.41) is 21.6. The second kappa shape index (κ2) is 6.41. The molecule has 0 bridgehead atoms. The molecule has 2 heterocycles. The number of carbonyl (C=O) groups excluding carboxylic acids is 1. The minimum Gasteiger partial charge on any atom is -0.409 e. The molecule has 114 valence electrons. The number of oxime groups is 1. The maximum Gasteiger partial charge on any atom is 0.237 e. The smallest absolute Gasteiger partial charge is 0.237 e. The van der Waals surface area contributed by atoms with Gasteiger partial charge in [0.2, 0.25) is 5.91 Å². The molecule has 1 amide bonds. The van der Waals surface area contributed by atoms with E-state index in [-0.39, 0.29) is 24.4 Å². The van der Waals surface area contributed by atoms with Crippen molar-refractivity contribution in [3.05, 3.63) is 0 Å². The normalized spacial score (nSPS) is 27.4. The summed E-state index contributed by atoms with van der Waals surface area (Å²) in [5.74, 6) is -0.192. The van der Waals surface area contributed by atoms with Gasteiger partial charge in [0.05, 0.1) is 12.6 Å². The van der Waals surface area contributed by atoms with Crippen molar-refractivity contribution in [2.45, 2.75) is 38.1 Å². The van der Waals surface area contributed by atoms with Crippen molar-refractivity contribution < 1.29 is 19.8 Å². The van der Waals surface area contributed by atoms with E-state index >= 15 is 0 Å². The first kappa shape index (κ1) is 15.1. The summed E-state index contributed by atoms with van der Waals surface area (Å²) in [7, 11) is 0. The molecule has 2 rings (SSSR count). The maximum absolute atomic E-state index is 12.9. The van der Waals surface area contributed by atoms with Crippen LogP contribution in [0.1, 0.15) is 32.1 Å². The number of aliphatic hydroxyl groups is 1. The van der Waals surface area contributed by atoms with E-state index in [1.807, 2.05) is 0 Å². The van der Waals surface area contributed by atoms with Crippen LogP contribution in [0.5, 0.6) is 0 Å². The third-order valence-corrected chi connectivity index (χ3v) is 4.45. The lowest BCUT2D eigenvalue weighted by Crippen LogP contribution is -2.58. The largest absolute Gasteiger partial charge is 0.409 e. The van der Waals surface area contributed by atoms with Gasteiger partial charge in [-0.05, 0) is 32.1 Å². The highest BCUT2D eigenvalue weighted by atomic mass is 16.5. The van der Waals surface area contributed by atoms with Crippen molar-refractivity contribution in [2.75, 3.05) is 26.4 Å². The number of piperidine rings is 1. The predicted octanol–water partition coefficient (Wildman–Crippen LogP) is -0.0970. The van der Waals surface area contributed by atoms with Crippen LogP contribution in [-0.4, -0.2) is 59.4 Å². The number of ether oxygens (including phenoxy) is 1. The molecule has 2 aliphatic rings. The molecule has 0 spiro atoms. The highest BCUT2D eigenvalue weighted by Gasteiger charge is 2.48. The highest BCUT2D eigenvalue weighted by molar-refractivity contribution is 6.07. The number of carbonyl (C=O) groups is 1. The molecule has 0 aliphatic carbocycles. The first-order valence-corrected chi connectivity index (χ1v) is 7.13. The van der Waals surface area contributed by atoms with Crippen LogP contribution in [0.2, 0.25) is 0 Å². The second-order valence-electron chi connectivity index (χ2n) is 5.51. The van der Waals surface area contributed by atoms with Gasteiger partial charge in [-0.3, -0.25) is 4.79 Å². The zero-order chi connectivity index (χ0) is 14.6. The summed E-state index contributed by atoms with van der Waals surface area (Å²) in [6, 6.07) is -0.164. The summed E-state index contributed by atoms with van der Waals surface area (Å²) >= 11 is 0. The van der Waals surface area contributed by atoms with Gasteiger partial charge in [-0.1, -0.05) is 5.16 Å². The minimum atomic E-state index is -0.988. The zero-order valence-corrected chi connectivity index (χ0v) is 11.6. The quantitative estimate of drug-likeness (QED) is 0.290. The molecule has 1 unspecified atom stereocenters. The highest BCUT2D eigenvalue weighted by Crippen LogP contribution is 2.35. The molecular weight excluding hydrogens is 262 g/mol. The van der Waals surface area contributed by atoms with Gasteiger partial charge in [0, 0.05) is 19.8 Å². The number of amides is 1. The predicted molar refractivity (Wildman–Crippen MR) is 72.3 cm³/mol. The lowest BCUT2D eigenvalue weighted by Gasteiger charge is -2.43. The molecule has 7 heteroatoms. The fourth-order valence-electron chi connectivity index (χ4n) is 3.13. The summed E-state index contributed by atoms with van der Waals surface area (Å²) in [6.45, 7) is 1.40. The Morgan fingerprint density at radius 1 is 1.40 bits per heavy atom. The number of hydrogen-bond acceptors (Lipinski definition) is 5. The molecule has 0 saturated carbocycles. The van der Waals surface area contributed by atoms with Crippen LogP contribution in [0.25, 0.3) is 0 Å². The van der Waals surface area contributed by atoms with Crippen LogP contribution >= 0.6 is 0 Å². The molecule has 2 aliphatic heterocycles. The Labute approximate surface area is 118 Å². The monoisotopic (exact) mass is 285 g/mol. The van der Waals surface area contributed by atoms with Crippen molar-refractivity contribution in [3.63, 3.8) is 0 Å².